The van der Waals surface area contributed by atoms with E-state index in [0.29, 0.717) is 5.92 Å². The van der Waals surface area contributed by atoms with Crippen LogP contribution >= 0.6 is 0 Å². The second-order valence-corrected chi connectivity index (χ2v) is 7.00. The molecule has 0 radical (unpaired) electrons. The van der Waals surface area contributed by atoms with Crippen molar-refractivity contribution in [2.24, 2.45) is 11.8 Å². The normalized spacial score (nSPS) is 22.2. The Morgan fingerprint density at radius 1 is 1.38 bits per heavy atom. The molecule has 0 heterocycles. The van der Waals surface area contributed by atoms with Crippen molar-refractivity contribution in [1.29, 1.82) is 0 Å². The Balaban J connectivity index is 2.33. The summed E-state index contributed by atoms with van der Waals surface area (Å²) in [6.07, 6.45) is 2.49. The Kier molecular flexibility index (Phi) is 4.45. The first-order chi connectivity index (χ1) is 9.83. The smallest absolute Gasteiger partial charge is 0.270 e. The van der Waals surface area contributed by atoms with E-state index in [2.05, 4.69) is 17.1 Å². The summed E-state index contributed by atoms with van der Waals surface area (Å²) < 4.78 is 27.4. The molecule has 1 aliphatic rings. The van der Waals surface area contributed by atoms with Gasteiger partial charge in [0.05, 0.1) is 10.6 Å². The highest BCUT2D eigenvalue weighted by atomic mass is 32.2. The third kappa shape index (κ3) is 3.49. The topological polar surface area (TPSA) is 127 Å². The number of sulfonamides is 1. The fourth-order valence-electron chi connectivity index (χ4n) is 2.56. The molecule has 0 aliphatic heterocycles. The summed E-state index contributed by atoms with van der Waals surface area (Å²) in [5.41, 5.74) is 2.09. The molecule has 2 atom stereocenters. The monoisotopic (exact) mass is 314 g/mol. The quantitative estimate of drug-likeness (QED) is 0.427. The summed E-state index contributed by atoms with van der Waals surface area (Å²) in [6, 6.07) is 3.35. The number of nitrogens with zero attached hydrogens (tertiary/aromatic N) is 1. The van der Waals surface area contributed by atoms with Gasteiger partial charge in [-0.1, -0.05) is 6.92 Å². The van der Waals surface area contributed by atoms with Gasteiger partial charge in [0.25, 0.3) is 5.69 Å². The molecule has 1 aromatic rings. The van der Waals surface area contributed by atoms with Gasteiger partial charge in [0.15, 0.2) is 0 Å². The summed E-state index contributed by atoms with van der Waals surface area (Å²) in [5, 5.41) is 10.8. The molecule has 0 bridgehead atoms. The van der Waals surface area contributed by atoms with E-state index in [1.807, 2.05) is 0 Å². The van der Waals surface area contributed by atoms with Crippen molar-refractivity contribution < 1.29 is 13.3 Å². The molecule has 4 N–H and O–H groups in total. The number of benzene rings is 1. The van der Waals surface area contributed by atoms with Gasteiger partial charge >= 0.3 is 0 Å². The highest BCUT2D eigenvalue weighted by Gasteiger charge is 2.29. The van der Waals surface area contributed by atoms with Crippen molar-refractivity contribution in [2.45, 2.75) is 37.1 Å². The SMILES string of the molecule is CC1CCC(NS(=O)(=O)c2cc([N+](=O)[O-])ccc2NN)C1. The largest absolute Gasteiger partial charge is 0.323 e. The van der Waals surface area contributed by atoms with Crippen molar-refractivity contribution in [3.8, 4) is 0 Å². The minimum Gasteiger partial charge on any atom is -0.323 e. The molecule has 2 unspecified atom stereocenters. The number of rotatable bonds is 5. The molecule has 0 aromatic heterocycles. The van der Waals surface area contributed by atoms with Gasteiger partial charge in [-0.25, -0.2) is 13.1 Å². The highest BCUT2D eigenvalue weighted by Crippen LogP contribution is 2.29. The lowest BCUT2D eigenvalue weighted by atomic mass is 10.1. The zero-order chi connectivity index (χ0) is 15.6. The van der Waals surface area contributed by atoms with E-state index in [0.717, 1.165) is 25.3 Å². The van der Waals surface area contributed by atoms with Gasteiger partial charge in [-0.15, -0.1) is 0 Å². The summed E-state index contributed by atoms with van der Waals surface area (Å²) in [5.74, 6) is 5.76. The van der Waals surface area contributed by atoms with Crippen LogP contribution in [0.15, 0.2) is 23.1 Å². The van der Waals surface area contributed by atoms with E-state index in [9.17, 15) is 18.5 Å². The number of nitro benzene ring substituents is 1. The first kappa shape index (κ1) is 15.7. The zero-order valence-corrected chi connectivity index (χ0v) is 12.4. The molecule has 0 spiro atoms. The van der Waals surface area contributed by atoms with Crippen molar-refractivity contribution in [1.82, 2.24) is 4.72 Å². The van der Waals surface area contributed by atoms with Crippen LogP contribution in [0.4, 0.5) is 11.4 Å². The third-order valence-corrected chi connectivity index (χ3v) is 5.20. The number of non-ortho nitro benzene ring substituents is 1. The van der Waals surface area contributed by atoms with E-state index in [1.54, 1.807) is 0 Å². The third-order valence-electron chi connectivity index (χ3n) is 3.64. The van der Waals surface area contributed by atoms with E-state index in [4.69, 9.17) is 5.84 Å². The number of hydrogen-bond donors (Lipinski definition) is 3. The predicted molar refractivity (Wildman–Crippen MR) is 78.0 cm³/mol. The van der Waals surface area contributed by atoms with Gasteiger partial charge in [0.1, 0.15) is 4.90 Å². The molecule has 0 amide bonds. The second kappa shape index (κ2) is 5.96. The molecule has 1 saturated carbocycles. The molecule has 1 aliphatic carbocycles. The maximum atomic E-state index is 12.4. The molecule has 116 valence electrons. The number of nitro groups is 1. The molecule has 2 rings (SSSR count). The molecule has 0 saturated heterocycles. The van der Waals surface area contributed by atoms with Crippen molar-refractivity contribution in [3.63, 3.8) is 0 Å². The standard InChI is InChI=1S/C12H18N4O4S/c1-8-2-3-9(6-8)15-21(19,20)12-7-10(16(17)18)4-5-11(12)14-13/h4-5,7-9,14-15H,2-3,6,13H2,1H3. The van der Waals surface area contributed by atoms with Crippen LogP contribution < -0.4 is 16.0 Å². The number of hydrogen-bond acceptors (Lipinski definition) is 6. The van der Waals surface area contributed by atoms with Crippen LogP contribution in [0.5, 0.6) is 0 Å². The highest BCUT2D eigenvalue weighted by molar-refractivity contribution is 7.89. The Morgan fingerprint density at radius 2 is 2.10 bits per heavy atom. The van der Waals surface area contributed by atoms with Crippen LogP contribution in [0.25, 0.3) is 0 Å². The maximum absolute atomic E-state index is 12.4. The van der Waals surface area contributed by atoms with Crippen LogP contribution in [0.3, 0.4) is 0 Å². The average Bonchev–Trinajstić information content (AvgIpc) is 2.82. The van der Waals surface area contributed by atoms with Crippen LogP contribution in [-0.4, -0.2) is 19.4 Å². The Labute approximate surface area is 122 Å². The fourth-order valence-corrected chi connectivity index (χ4v) is 4.04. The number of nitrogen functional groups attached to an aromatic ring is 1. The van der Waals surface area contributed by atoms with E-state index >= 15 is 0 Å². The van der Waals surface area contributed by atoms with Crippen LogP contribution in [-0.2, 0) is 10.0 Å². The lowest BCUT2D eigenvalue weighted by Crippen LogP contribution is -2.33. The summed E-state index contributed by atoms with van der Waals surface area (Å²) in [7, 11) is -3.86. The minimum atomic E-state index is -3.86. The number of hydrazine groups is 1. The van der Waals surface area contributed by atoms with Gasteiger partial charge in [0, 0.05) is 18.2 Å². The first-order valence-corrected chi connectivity index (χ1v) is 8.09. The first-order valence-electron chi connectivity index (χ1n) is 6.61. The van der Waals surface area contributed by atoms with Gasteiger partial charge in [-0.05, 0) is 31.2 Å². The van der Waals surface area contributed by atoms with Crippen molar-refractivity contribution in [2.75, 3.05) is 5.43 Å². The molecule has 1 aromatic carbocycles. The average molecular weight is 314 g/mol. The Bertz CT molecular complexity index is 647. The zero-order valence-electron chi connectivity index (χ0n) is 11.6. The number of nitrogens with two attached hydrogens (primary N) is 1. The van der Waals surface area contributed by atoms with Gasteiger partial charge in [-0.2, -0.15) is 0 Å². The van der Waals surface area contributed by atoms with E-state index in [1.165, 1.54) is 12.1 Å². The number of anilines is 1. The lowest BCUT2D eigenvalue weighted by molar-refractivity contribution is -0.385. The fraction of sp³-hybridized carbons (Fsp3) is 0.500. The molecule has 8 nitrogen and oxygen atoms in total. The maximum Gasteiger partial charge on any atom is 0.270 e. The van der Waals surface area contributed by atoms with Crippen molar-refractivity contribution >= 4 is 21.4 Å². The van der Waals surface area contributed by atoms with E-state index < -0.39 is 14.9 Å². The molecule has 1 fully saturated rings. The summed E-state index contributed by atoms with van der Waals surface area (Å²) in [4.78, 5) is 9.95. The summed E-state index contributed by atoms with van der Waals surface area (Å²) in [6.45, 7) is 2.06. The van der Waals surface area contributed by atoms with Gasteiger partial charge in [0.2, 0.25) is 10.0 Å². The van der Waals surface area contributed by atoms with Gasteiger partial charge < -0.3 is 5.43 Å². The lowest BCUT2D eigenvalue weighted by Gasteiger charge is -2.15. The van der Waals surface area contributed by atoms with Crippen LogP contribution in [0.1, 0.15) is 26.2 Å². The van der Waals surface area contributed by atoms with Crippen LogP contribution in [0, 0.1) is 16.0 Å². The molecular formula is C12H18N4O4S. The molecule has 21 heavy (non-hydrogen) atoms. The Morgan fingerprint density at radius 3 is 2.62 bits per heavy atom. The molecular weight excluding hydrogens is 296 g/mol. The number of nitrogens with one attached hydrogen (secondary N) is 2. The second-order valence-electron chi connectivity index (χ2n) is 5.32. The minimum absolute atomic E-state index is 0.124. The Hall–Kier alpha value is -1.71. The van der Waals surface area contributed by atoms with Crippen molar-refractivity contribution in [3.05, 3.63) is 28.3 Å². The van der Waals surface area contributed by atoms with Gasteiger partial charge in [-0.3, -0.25) is 16.0 Å². The summed E-state index contributed by atoms with van der Waals surface area (Å²) >= 11 is 0. The molecule has 9 heteroatoms. The predicted octanol–water partition coefficient (Wildman–Crippen LogP) is 1.35. The van der Waals surface area contributed by atoms with Crippen LogP contribution in [0.2, 0.25) is 0 Å². The van der Waals surface area contributed by atoms with E-state index in [-0.39, 0.29) is 22.3 Å².